The van der Waals surface area contributed by atoms with Crippen LogP contribution in [0, 0.1) is 0 Å². The van der Waals surface area contributed by atoms with Crippen LogP contribution in [0.4, 0.5) is 5.69 Å². The smallest absolute Gasteiger partial charge is 0.268 e. The summed E-state index contributed by atoms with van der Waals surface area (Å²) in [5.41, 5.74) is 1.26. The Bertz CT molecular complexity index is 1060. The Kier molecular flexibility index (Phi) is 5.98. The van der Waals surface area contributed by atoms with Gasteiger partial charge in [-0.3, -0.25) is 9.29 Å². The van der Waals surface area contributed by atoms with E-state index in [0.717, 1.165) is 10.9 Å². The zero-order valence-corrected chi connectivity index (χ0v) is 17.3. The molecule has 3 rings (SSSR count). The zero-order chi connectivity index (χ0) is 19.4. The first kappa shape index (κ1) is 19.6. The summed E-state index contributed by atoms with van der Waals surface area (Å²) in [6.07, 6.45) is 1.56. The number of halogens is 1. The second kappa shape index (κ2) is 8.24. The number of hydrogen-bond donors (Lipinski definition) is 0. The molecule has 142 valence electrons. The van der Waals surface area contributed by atoms with Crippen LogP contribution in [-0.2, 0) is 14.8 Å². The van der Waals surface area contributed by atoms with Crippen LogP contribution in [0.5, 0.6) is 5.75 Å². The minimum Gasteiger partial charge on any atom is -0.495 e. The van der Waals surface area contributed by atoms with E-state index >= 15 is 0 Å². The number of anilines is 1. The molecule has 0 aliphatic heterocycles. The number of pyridine rings is 1. The van der Waals surface area contributed by atoms with Crippen molar-refractivity contribution in [2.24, 2.45) is 0 Å². The highest BCUT2D eigenvalue weighted by Gasteiger charge is 2.28. The minimum absolute atomic E-state index is 0.0728. The molecule has 0 unspecified atom stereocenters. The Morgan fingerprint density at radius 1 is 1.11 bits per heavy atom. The molecule has 0 saturated carbocycles. The highest BCUT2D eigenvalue weighted by molar-refractivity contribution is 9.10. The third kappa shape index (κ3) is 4.07. The molecule has 0 atom stereocenters. The normalized spacial score (nSPS) is 11.5. The summed E-state index contributed by atoms with van der Waals surface area (Å²) in [4.78, 5) is 4.46. The van der Waals surface area contributed by atoms with Crippen LogP contribution in [0.1, 0.15) is 0 Å². The van der Waals surface area contributed by atoms with Crippen molar-refractivity contribution in [1.82, 2.24) is 4.98 Å². The largest absolute Gasteiger partial charge is 0.495 e. The predicted molar refractivity (Wildman–Crippen MR) is 109 cm³/mol. The maximum Gasteiger partial charge on any atom is 0.268 e. The summed E-state index contributed by atoms with van der Waals surface area (Å²) in [6.45, 7) is 0.386. The van der Waals surface area contributed by atoms with Crippen molar-refractivity contribution in [3.8, 4) is 5.75 Å². The fourth-order valence-corrected chi connectivity index (χ4v) is 4.85. The zero-order valence-electron chi connectivity index (χ0n) is 14.9. The van der Waals surface area contributed by atoms with Crippen molar-refractivity contribution in [2.75, 3.05) is 31.7 Å². The number of nitrogens with zero attached hydrogens (tertiary/aromatic N) is 2. The lowest BCUT2D eigenvalue weighted by Crippen LogP contribution is -2.34. The number of para-hydroxylation sites is 1. The number of sulfonamides is 1. The Hall–Kier alpha value is -2.16. The molecule has 0 saturated heterocycles. The van der Waals surface area contributed by atoms with Gasteiger partial charge in [-0.15, -0.1) is 0 Å². The van der Waals surface area contributed by atoms with E-state index in [9.17, 15) is 8.42 Å². The number of fused-ring (bicyclic) bond motifs is 1. The molecule has 1 heterocycles. The number of methoxy groups -OCH3 is 2. The summed E-state index contributed by atoms with van der Waals surface area (Å²) >= 11 is 3.33. The van der Waals surface area contributed by atoms with Gasteiger partial charge in [0.1, 0.15) is 10.6 Å². The van der Waals surface area contributed by atoms with Crippen LogP contribution in [0.2, 0.25) is 0 Å². The molecule has 0 spiro atoms. The van der Waals surface area contributed by atoms with Gasteiger partial charge < -0.3 is 9.47 Å². The summed E-state index contributed by atoms with van der Waals surface area (Å²) in [7, 11) is -0.927. The number of hydrogen-bond acceptors (Lipinski definition) is 5. The lowest BCUT2D eigenvalue weighted by Gasteiger charge is -2.25. The molecule has 3 aromatic rings. The van der Waals surface area contributed by atoms with Crippen LogP contribution in [0.3, 0.4) is 0 Å². The Morgan fingerprint density at radius 3 is 2.63 bits per heavy atom. The molecule has 6 nitrogen and oxygen atoms in total. The topological polar surface area (TPSA) is 68.7 Å². The maximum absolute atomic E-state index is 13.4. The van der Waals surface area contributed by atoms with Gasteiger partial charge in [-0.1, -0.05) is 34.1 Å². The van der Waals surface area contributed by atoms with Crippen molar-refractivity contribution in [1.29, 1.82) is 0 Å². The fourth-order valence-electron chi connectivity index (χ4n) is 2.73. The highest BCUT2D eigenvalue weighted by Crippen LogP contribution is 2.32. The average Bonchev–Trinajstić information content (AvgIpc) is 2.68. The average molecular weight is 451 g/mol. The van der Waals surface area contributed by atoms with Crippen molar-refractivity contribution in [3.05, 3.63) is 59.2 Å². The number of benzene rings is 2. The van der Waals surface area contributed by atoms with E-state index in [4.69, 9.17) is 9.47 Å². The van der Waals surface area contributed by atoms with Gasteiger partial charge in [0, 0.05) is 17.0 Å². The van der Waals surface area contributed by atoms with Gasteiger partial charge in [0.05, 0.1) is 37.7 Å². The Morgan fingerprint density at radius 2 is 1.89 bits per heavy atom. The molecule has 27 heavy (non-hydrogen) atoms. The van der Waals surface area contributed by atoms with E-state index in [1.54, 1.807) is 24.4 Å². The van der Waals surface area contributed by atoms with Gasteiger partial charge in [0.2, 0.25) is 0 Å². The van der Waals surface area contributed by atoms with Crippen LogP contribution < -0.4 is 9.04 Å². The van der Waals surface area contributed by atoms with E-state index in [0.29, 0.717) is 10.2 Å². The van der Waals surface area contributed by atoms with Gasteiger partial charge in [0.15, 0.2) is 0 Å². The molecule has 1 aromatic heterocycles. The first-order valence-corrected chi connectivity index (χ1v) is 10.4. The molecule has 8 heteroatoms. The standard InChI is InChI=1S/C19H19BrN2O4S/c1-25-10-9-22(16-11-14-5-3-4-6-17(14)21-13-16)27(23,24)19-12-15(20)7-8-18(19)26-2/h3-8,11-13H,9-10H2,1-2H3. The molecular formula is C19H19BrN2O4S. The molecule has 0 bridgehead atoms. The quantitative estimate of drug-likeness (QED) is 0.546. The van der Waals surface area contributed by atoms with Gasteiger partial charge in [-0.05, 0) is 30.3 Å². The second-order valence-electron chi connectivity index (χ2n) is 5.75. The van der Waals surface area contributed by atoms with Crippen LogP contribution in [0.15, 0.2) is 64.1 Å². The second-order valence-corrected chi connectivity index (χ2v) is 8.50. The molecular weight excluding hydrogens is 432 g/mol. The highest BCUT2D eigenvalue weighted by atomic mass is 79.9. The van der Waals surface area contributed by atoms with Crippen LogP contribution in [0.25, 0.3) is 10.9 Å². The summed E-state index contributed by atoms with van der Waals surface area (Å²) in [5.74, 6) is 0.273. The Labute approximate surface area is 166 Å². The van der Waals surface area contributed by atoms with Crippen LogP contribution in [-0.4, -0.2) is 40.8 Å². The lowest BCUT2D eigenvalue weighted by atomic mass is 10.2. The Balaban J connectivity index is 2.14. The minimum atomic E-state index is -3.90. The van der Waals surface area contributed by atoms with Crippen LogP contribution >= 0.6 is 15.9 Å². The third-order valence-corrected chi connectivity index (χ3v) is 6.40. The molecule has 0 amide bonds. The van der Waals surface area contributed by atoms with E-state index in [-0.39, 0.29) is 23.8 Å². The summed E-state index contributed by atoms with van der Waals surface area (Å²) < 4.78 is 39.2. The third-order valence-electron chi connectivity index (χ3n) is 4.06. The summed E-state index contributed by atoms with van der Waals surface area (Å²) in [6, 6.07) is 14.2. The van der Waals surface area contributed by atoms with Gasteiger partial charge in [-0.2, -0.15) is 0 Å². The molecule has 2 aromatic carbocycles. The molecule has 0 aliphatic carbocycles. The first-order valence-electron chi connectivity index (χ1n) is 8.17. The van der Waals surface area contributed by atoms with Gasteiger partial charge >= 0.3 is 0 Å². The van der Waals surface area contributed by atoms with E-state index in [2.05, 4.69) is 20.9 Å². The number of aromatic nitrogens is 1. The molecule has 0 aliphatic rings. The molecule has 0 N–H and O–H groups in total. The summed E-state index contributed by atoms with van der Waals surface area (Å²) in [5, 5.41) is 0.855. The van der Waals surface area contributed by atoms with E-state index in [1.807, 2.05) is 24.3 Å². The van der Waals surface area contributed by atoms with Gasteiger partial charge in [-0.25, -0.2) is 8.42 Å². The van der Waals surface area contributed by atoms with Crippen molar-refractivity contribution < 1.29 is 17.9 Å². The molecule has 0 radical (unpaired) electrons. The predicted octanol–water partition coefficient (Wildman–Crippen LogP) is 3.85. The number of rotatable bonds is 7. The maximum atomic E-state index is 13.4. The first-order chi connectivity index (χ1) is 13.0. The molecule has 0 fully saturated rings. The van der Waals surface area contributed by atoms with Crippen molar-refractivity contribution in [2.45, 2.75) is 4.90 Å². The van der Waals surface area contributed by atoms with Crippen molar-refractivity contribution in [3.63, 3.8) is 0 Å². The number of ether oxygens (including phenoxy) is 2. The van der Waals surface area contributed by atoms with E-state index < -0.39 is 10.0 Å². The fraction of sp³-hybridized carbons (Fsp3) is 0.211. The van der Waals surface area contributed by atoms with E-state index in [1.165, 1.54) is 24.6 Å². The van der Waals surface area contributed by atoms with Crippen molar-refractivity contribution >= 4 is 42.5 Å². The lowest BCUT2D eigenvalue weighted by molar-refractivity contribution is 0.208. The monoisotopic (exact) mass is 450 g/mol. The van der Waals surface area contributed by atoms with Gasteiger partial charge in [0.25, 0.3) is 10.0 Å². The SMILES string of the molecule is COCCN(c1cnc2ccccc2c1)S(=O)(=O)c1cc(Br)ccc1OC.